The van der Waals surface area contributed by atoms with Crippen molar-refractivity contribution in [1.82, 2.24) is 15.5 Å². The van der Waals surface area contributed by atoms with E-state index in [9.17, 15) is 0 Å². The Kier molecular flexibility index (Phi) is 3.80. The first-order valence-corrected chi connectivity index (χ1v) is 7.22. The summed E-state index contributed by atoms with van der Waals surface area (Å²) in [6.45, 7) is 0.838. The molecule has 20 heavy (non-hydrogen) atoms. The minimum atomic E-state index is 0.570. The molecule has 4 nitrogen and oxygen atoms in total. The lowest BCUT2D eigenvalue weighted by molar-refractivity contribution is 0.422. The van der Waals surface area contributed by atoms with E-state index in [0.717, 1.165) is 34.2 Å². The molecule has 1 N–H and O–H groups in total. The quantitative estimate of drug-likeness (QED) is 0.795. The second kappa shape index (κ2) is 5.73. The molecule has 0 aliphatic carbocycles. The Morgan fingerprint density at radius 1 is 1.15 bits per heavy atom. The highest BCUT2D eigenvalue weighted by Gasteiger charge is 2.09. The number of halogens is 1. The SMILES string of the molecule is CNCCc1noc(-c2ccc3cc(Br)ccc3c2)n1. The Balaban J connectivity index is 1.93. The van der Waals surface area contributed by atoms with Crippen LogP contribution >= 0.6 is 15.9 Å². The summed E-state index contributed by atoms with van der Waals surface area (Å²) in [5.74, 6) is 1.30. The number of nitrogens with zero attached hydrogens (tertiary/aromatic N) is 2. The second-order valence-corrected chi connectivity index (χ2v) is 5.49. The van der Waals surface area contributed by atoms with Crippen LogP contribution < -0.4 is 5.32 Å². The summed E-state index contributed by atoms with van der Waals surface area (Å²) in [7, 11) is 1.91. The number of hydrogen-bond donors (Lipinski definition) is 1. The molecule has 0 unspecified atom stereocenters. The number of aromatic nitrogens is 2. The highest BCUT2D eigenvalue weighted by atomic mass is 79.9. The Bertz CT molecular complexity index is 739. The summed E-state index contributed by atoms with van der Waals surface area (Å²) < 4.78 is 6.40. The maximum atomic E-state index is 5.32. The standard InChI is InChI=1S/C15H14BrN3O/c1-17-7-6-14-18-15(20-19-14)12-3-2-11-9-13(16)5-4-10(11)8-12/h2-5,8-9,17H,6-7H2,1H3. The van der Waals surface area contributed by atoms with E-state index in [4.69, 9.17) is 4.52 Å². The highest BCUT2D eigenvalue weighted by Crippen LogP contribution is 2.25. The van der Waals surface area contributed by atoms with Crippen molar-refractivity contribution in [3.05, 3.63) is 46.7 Å². The summed E-state index contributed by atoms with van der Waals surface area (Å²) in [5, 5.41) is 9.39. The molecule has 1 aromatic heterocycles. The van der Waals surface area contributed by atoms with Crippen LogP contribution in [-0.2, 0) is 6.42 Å². The molecular weight excluding hydrogens is 318 g/mol. The Hall–Kier alpha value is -1.72. The molecule has 0 spiro atoms. The van der Waals surface area contributed by atoms with E-state index in [-0.39, 0.29) is 0 Å². The van der Waals surface area contributed by atoms with Crippen molar-refractivity contribution >= 4 is 26.7 Å². The van der Waals surface area contributed by atoms with Gasteiger partial charge in [-0.25, -0.2) is 0 Å². The van der Waals surface area contributed by atoms with Crippen LogP contribution in [0.4, 0.5) is 0 Å². The molecule has 0 atom stereocenters. The van der Waals surface area contributed by atoms with Gasteiger partial charge in [0.25, 0.3) is 5.89 Å². The number of rotatable bonds is 4. The summed E-state index contributed by atoms with van der Waals surface area (Å²) >= 11 is 3.48. The summed E-state index contributed by atoms with van der Waals surface area (Å²) in [4.78, 5) is 4.42. The smallest absolute Gasteiger partial charge is 0.257 e. The van der Waals surface area contributed by atoms with Crippen LogP contribution in [0.1, 0.15) is 5.82 Å². The van der Waals surface area contributed by atoms with Crippen molar-refractivity contribution in [1.29, 1.82) is 0 Å². The summed E-state index contributed by atoms with van der Waals surface area (Å²) in [6, 6.07) is 12.3. The predicted molar refractivity (Wildman–Crippen MR) is 82.6 cm³/mol. The van der Waals surface area contributed by atoms with Gasteiger partial charge in [0.05, 0.1) is 0 Å². The zero-order chi connectivity index (χ0) is 13.9. The molecule has 5 heteroatoms. The molecule has 0 saturated carbocycles. The van der Waals surface area contributed by atoms with Crippen molar-refractivity contribution in [2.75, 3.05) is 13.6 Å². The maximum absolute atomic E-state index is 5.32. The molecule has 0 aliphatic heterocycles. The van der Waals surface area contributed by atoms with E-state index in [0.29, 0.717) is 5.89 Å². The monoisotopic (exact) mass is 331 g/mol. The van der Waals surface area contributed by atoms with Gasteiger partial charge in [0.1, 0.15) is 0 Å². The first-order valence-electron chi connectivity index (χ1n) is 6.43. The summed E-state index contributed by atoms with van der Waals surface area (Å²) in [5.41, 5.74) is 0.947. The molecule has 2 aromatic carbocycles. The topological polar surface area (TPSA) is 51.0 Å². The molecule has 102 valence electrons. The zero-order valence-corrected chi connectivity index (χ0v) is 12.6. The predicted octanol–water partition coefficient (Wildman–Crippen LogP) is 3.41. The van der Waals surface area contributed by atoms with Crippen LogP contribution in [-0.4, -0.2) is 23.7 Å². The van der Waals surface area contributed by atoms with Gasteiger partial charge in [-0.3, -0.25) is 0 Å². The molecule has 0 aliphatic rings. The first-order chi connectivity index (χ1) is 9.76. The third kappa shape index (κ3) is 2.73. The fraction of sp³-hybridized carbons (Fsp3) is 0.200. The Morgan fingerprint density at radius 3 is 2.80 bits per heavy atom. The second-order valence-electron chi connectivity index (χ2n) is 4.58. The molecule has 0 radical (unpaired) electrons. The van der Waals surface area contributed by atoms with E-state index in [2.05, 4.69) is 55.7 Å². The fourth-order valence-electron chi connectivity index (χ4n) is 2.06. The van der Waals surface area contributed by atoms with Crippen molar-refractivity contribution in [2.45, 2.75) is 6.42 Å². The van der Waals surface area contributed by atoms with Gasteiger partial charge in [-0.15, -0.1) is 0 Å². The number of hydrogen-bond acceptors (Lipinski definition) is 4. The molecule has 0 saturated heterocycles. The molecule has 3 aromatic rings. The van der Waals surface area contributed by atoms with Crippen LogP contribution in [0.2, 0.25) is 0 Å². The lowest BCUT2D eigenvalue weighted by atomic mass is 10.1. The molecular formula is C15H14BrN3O. The van der Waals surface area contributed by atoms with Gasteiger partial charge in [-0.1, -0.05) is 33.2 Å². The van der Waals surface area contributed by atoms with Crippen LogP contribution in [0.3, 0.4) is 0 Å². The van der Waals surface area contributed by atoms with Crippen LogP contribution in [0, 0.1) is 0 Å². The van der Waals surface area contributed by atoms with E-state index in [1.807, 2.05) is 19.2 Å². The van der Waals surface area contributed by atoms with E-state index in [1.165, 1.54) is 5.39 Å². The van der Waals surface area contributed by atoms with Crippen LogP contribution in [0.5, 0.6) is 0 Å². The largest absolute Gasteiger partial charge is 0.334 e. The zero-order valence-electron chi connectivity index (χ0n) is 11.1. The van der Waals surface area contributed by atoms with Crippen molar-refractivity contribution in [3.8, 4) is 11.5 Å². The van der Waals surface area contributed by atoms with Gasteiger partial charge in [0.2, 0.25) is 0 Å². The van der Waals surface area contributed by atoms with Gasteiger partial charge in [-0.2, -0.15) is 4.98 Å². The molecule has 3 rings (SSSR count). The third-order valence-electron chi connectivity index (χ3n) is 3.12. The van der Waals surface area contributed by atoms with E-state index < -0.39 is 0 Å². The number of likely N-dealkylation sites (N-methyl/N-ethyl adjacent to an activating group) is 1. The van der Waals surface area contributed by atoms with Crippen LogP contribution in [0.15, 0.2) is 45.4 Å². The molecule has 1 heterocycles. The molecule has 0 fully saturated rings. The highest BCUT2D eigenvalue weighted by molar-refractivity contribution is 9.10. The number of nitrogens with one attached hydrogen (secondary N) is 1. The maximum Gasteiger partial charge on any atom is 0.257 e. The van der Waals surface area contributed by atoms with Gasteiger partial charge in [0, 0.05) is 23.0 Å². The minimum Gasteiger partial charge on any atom is -0.334 e. The Morgan fingerprint density at radius 2 is 1.95 bits per heavy atom. The Labute approximate surface area is 125 Å². The number of benzene rings is 2. The van der Waals surface area contributed by atoms with Gasteiger partial charge < -0.3 is 9.84 Å². The minimum absolute atomic E-state index is 0.570. The first kappa shape index (κ1) is 13.3. The van der Waals surface area contributed by atoms with Gasteiger partial charge >= 0.3 is 0 Å². The van der Waals surface area contributed by atoms with Gasteiger partial charge in [0.15, 0.2) is 5.82 Å². The van der Waals surface area contributed by atoms with E-state index >= 15 is 0 Å². The third-order valence-corrected chi connectivity index (χ3v) is 3.61. The van der Waals surface area contributed by atoms with Crippen molar-refractivity contribution in [2.24, 2.45) is 0 Å². The normalized spacial score (nSPS) is 11.1. The average molecular weight is 332 g/mol. The molecule has 0 amide bonds. The van der Waals surface area contributed by atoms with Gasteiger partial charge in [-0.05, 0) is 42.1 Å². The molecule has 0 bridgehead atoms. The summed E-state index contributed by atoms with van der Waals surface area (Å²) in [6.07, 6.45) is 0.764. The lowest BCUT2D eigenvalue weighted by Gasteiger charge is -2.00. The average Bonchev–Trinajstić information content (AvgIpc) is 2.93. The fourth-order valence-corrected chi connectivity index (χ4v) is 2.44. The number of fused-ring (bicyclic) bond motifs is 1. The van der Waals surface area contributed by atoms with Crippen LogP contribution in [0.25, 0.3) is 22.2 Å². The lowest BCUT2D eigenvalue weighted by Crippen LogP contribution is -2.10. The van der Waals surface area contributed by atoms with E-state index in [1.54, 1.807) is 0 Å². The van der Waals surface area contributed by atoms with Crippen molar-refractivity contribution in [3.63, 3.8) is 0 Å². The van der Waals surface area contributed by atoms with Crippen molar-refractivity contribution < 1.29 is 4.52 Å².